The first-order chi connectivity index (χ1) is 11.9. The number of likely N-dealkylation sites (N-methyl/N-ethyl adjacent to an activating group) is 2. The molecule has 3 N–H and O–H groups in total. The van der Waals surface area contributed by atoms with Crippen molar-refractivity contribution in [2.75, 3.05) is 60.7 Å². The fourth-order valence-corrected chi connectivity index (χ4v) is 3.55. The fourth-order valence-electron chi connectivity index (χ4n) is 3.55. The van der Waals surface area contributed by atoms with Crippen LogP contribution in [-0.4, -0.2) is 122 Å². The average molecular weight is 364 g/mol. The monoisotopic (exact) mass is 364 g/mol. The van der Waals surface area contributed by atoms with Crippen LogP contribution in [0.1, 0.15) is 13.8 Å². The van der Waals surface area contributed by atoms with Gasteiger partial charge in [0.2, 0.25) is 0 Å². The van der Waals surface area contributed by atoms with Crippen molar-refractivity contribution in [2.45, 2.75) is 50.3 Å². The largest absolute Gasteiger partial charge is 0.395 e. The van der Waals surface area contributed by atoms with Gasteiger partial charge in [-0.1, -0.05) is 0 Å². The molecular formula is C17H36N2O6. The lowest BCUT2D eigenvalue weighted by Gasteiger charge is -2.24. The van der Waals surface area contributed by atoms with Crippen molar-refractivity contribution in [3.8, 4) is 0 Å². The minimum atomic E-state index is -0.466. The van der Waals surface area contributed by atoms with Gasteiger partial charge < -0.3 is 29.5 Å². The van der Waals surface area contributed by atoms with Crippen LogP contribution in [0.25, 0.3) is 0 Å². The Morgan fingerprint density at radius 1 is 0.880 bits per heavy atom. The highest BCUT2D eigenvalue weighted by atomic mass is 16.5. The van der Waals surface area contributed by atoms with Crippen molar-refractivity contribution < 1.29 is 29.5 Å². The number of aliphatic hydroxyl groups excluding tert-OH is 3. The summed E-state index contributed by atoms with van der Waals surface area (Å²) in [5.74, 6) is 0. The Morgan fingerprint density at radius 3 is 1.72 bits per heavy atom. The van der Waals surface area contributed by atoms with Crippen LogP contribution in [0.15, 0.2) is 0 Å². The van der Waals surface area contributed by atoms with Crippen LogP contribution in [0.4, 0.5) is 0 Å². The number of hydrogen-bond acceptors (Lipinski definition) is 8. The van der Waals surface area contributed by atoms with Gasteiger partial charge in [-0.2, -0.15) is 0 Å². The summed E-state index contributed by atoms with van der Waals surface area (Å²) < 4.78 is 15.9. The molecule has 0 amide bonds. The summed E-state index contributed by atoms with van der Waals surface area (Å²) in [6.07, 6.45) is -1.18. The zero-order valence-corrected chi connectivity index (χ0v) is 16.2. The third-order valence-electron chi connectivity index (χ3n) is 4.84. The van der Waals surface area contributed by atoms with Crippen molar-refractivity contribution in [1.29, 1.82) is 0 Å². The first kappa shape index (κ1) is 22.7. The lowest BCUT2D eigenvalue weighted by Crippen LogP contribution is -2.39. The van der Waals surface area contributed by atoms with Crippen LogP contribution in [0.2, 0.25) is 0 Å². The van der Waals surface area contributed by atoms with Gasteiger partial charge in [0.05, 0.1) is 37.5 Å². The molecule has 2 heterocycles. The maximum absolute atomic E-state index is 9.67. The van der Waals surface area contributed by atoms with Gasteiger partial charge in [-0.15, -0.1) is 0 Å². The molecule has 0 unspecified atom stereocenters. The Hall–Kier alpha value is -0.320. The van der Waals surface area contributed by atoms with Crippen molar-refractivity contribution >= 4 is 0 Å². The summed E-state index contributed by atoms with van der Waals surface area (Å²) in [4.78, 5) is 4.00. The molecule has 6 atom stereocenters. The molecule has 2 rings (SSSR count). The second-order valence-corrected chi connectivity index (χ2v) is 6.63. The number of likely N-dealkylation sites (tertiary alicyclic amines) is 2. The van der Waals surface area contributed by atoms with E-state index in [1.54, 1.807) is 7.11 Å². The molecule has 2 saturated heterocycles. The van der Waals surface area contributed by atoms with Crippen LogP contribution in [0.5, 0.6) is 0 Å². The second kappa shape index (κ2) is 11.4. The van der Waals surface area contributed by atoms with Crippen molar-refractivity contribution in [3.63, 3.8) is 0 Å². The first-order valence-corrected chi connectivity index (χ1v) is 9.00. The van der Waals surface area contributed by atoms with E-state index >= 15 is 0 Å². The molecule has 2 fully saturated rings. The molecule has 8 heteroatoms. The molecule has 25 heavy (non-hydrogen) atoms. The Labute approximate surface area is 151 Å². The van der Waals surface area contributed by atoms with E-state index in [-0.39, 0.29) is 37.0 Å². The molecule has 2 aliphatic rings. The predicted molar refractivity (Wildman–Crippen MR) is 94.6 cm³/mol. The lowest BCUT2D eigenvalue weighted by molar-refractivity contribution is -0.0350. The summed E-state index contributed by atoms with van der Waals surface area (Å²) in [6.45, 7) is 6.93. The highest BCUT2D eigenvalue weighted by Gasteiger charge is 2.40. The number of aliphatic hydroxyl groups is 3. The minimum Gasteiger partial charge on any atom is -0.395 e. The van der Waals surface area contributed by atoms with Gasteiger partial charge in [0, 0.05) is 33.4 Å². The number of β-amino-alcohol motifs (C(OH)–C–C–N with tert-alkyl or cyclic N) is 2. The highest BCUT2D eigenvalue weighted by molar-refractivity contribution is 4.93. The minimum absolute atomic E-state index is 0.0399. The van der Waals surface area contributed by atoms with Gasteiger partial charge in [-0.3, -0.25) is 9.80 Å². The summed E-state index contributed by atoms with van der Waals surface area (Å²) in [6, 6.07) is 0.125. The smallest absolute Gasteiger partial charge is 0.102 e. The zero-order valence-electron chi connectivity index (χ0n) is 16.2. The van der Waals surface area contributed by atoms with E-state index in [9.17, 15) is 10.2 Å². The lowest BCUT2D eigenvalue weighted by atomic mass is 10.1. The predicted octanol–water partition coefficient (Wildman–Crippen LogP) is -1.23. The molecule has 0 spiro atoms. The average Bonchev–Trinajstić information content (AvgIpc) is 2.98. The van der Waals surface area contributed by atoms with E-state index in [0.717, 1.165) is 0 Å². The van der Waals surface area contributed by atoms with Crippen LogP contribution in [-0.2, 0) is 14.2 Å². The molecule has 0 radical (unpaired) electrons. The van der Waals surface area contributed by atoms with Crippen LogP contribution >= 0.6 is 0 Å². The number of rotatable bonds is 7. The second-order valence-electron chi connectivity index (χ2n) is 6.63. The third-order valence-corrected chi connectivity index (χ3v) is 4.84. The van der Waals surface area contributed by atoms with Gasteiger partial charge in [0.25, 0.3) is 0 Å². The van der Waals surface area contributed by atoms with E-state index in [0.29, 0.717) is 32.9 Å². The van der Waals surface area contributed by atoms with Gasteiger partial charge >= 0.3 is 0 Å². The molecule has 0 aromatic carbocycles. The van der Waals surface area contributed by atoms with E-state index in [1.165, 1.54) is 0 Å². The molecule has 0 aromatic rings. The third kappa shape index (κ3) is 6.11. The standard InChI is InChI=1S/C9H19NO3.C8H17NO3/c1-4-13-9-7(6-12-3)10(2)5-8(9)11;1-3-12-8-6(5-10)9(2)4-7(8)11/h7-9,11H,4-6H2,1-3H3;6-8,10-11H,3-5H2,1-2H3/t7-,8-,9-;6-,7-,8-/m11/s1. The zero-order chi connectivity index (χ0) is 19.0. The number of methoxy groups -OCH3 is 1. The first-order valence-electron chi connectivity index (χ1n) is 9.00. The van der Waals surface area contributed by atoms with Crippen molar-refractivity contribution in [1.82, 2.24) is 9.80 Å². The Balaban J connectivity index is 0.000000251. The molecule has 0 saturated carbocycles. The molecular weight excluding hydrogens is 328 g/mol. The Morgan fingerprint density at radius 2 is 1.32 bits per heavy atom. The molecule has 0 bridgehead atoms. The Kier molecular flexibility index (Phi) is 10.4. The maximum atomic E-state index is 9.67. The SMILES string of the molecule is CCO[C@H]1[C@H](O)CN(C)[C@@H]1CO.CCO[C@H]1[C@H](O)CN(C)[C@@H]1COC. The number of nitrogens with zero attached hydrogens (tertiary/aromatic N) is 2. The van der Waals surface area contributed by atoms with Gasteiger partial charge in [-0.05, 0) is 27.9 Å². The molecule has 0 aliphatic carbocycles. The molecule has 8 nitrogen and oxygen atoms in total. The van der Waals surface area contributed by atoms with E-state index in [4.69, 9.17) is 19.3 Å². The van der Waals surface area contributed by atoms with Gasteiger partial charge in [0.15, 0.2) is 0 Å². The number of ether oxygens (including phenoxy) is 3. The molecule has 150 valence electrons. The summed E-state index contributed by atoms with van der Waals surface area (Å²) in [5.41, 5.74) is 0. The highest BCUT2D eigenvalue weighted by Crippen LogP contribution is 2.20. The molecule has 0 aromatic heterocycles. The maximum Gasteiger partial charge on any atom is 0.102 e. The van der Waals surface area contributed by atoms with Crippen LogP contribution in [0.3, 0.4) is 0 Å². The quantitative estimate of drug-likeness (QED) is 0.517. The summed E-state index contributed by atoms with van der Waals surface area (Å²) in [5, 5.41) is 28.2. The normalized spacial score (nSPS) is 36.5. The van der Waals surface area contributed by atoms with Crippen molar-refractivity contribution in [3.05, 3.63) is 0 Å². The van der Waals surface area contributed by atoms with E-state index in [1.807, 2.05) is 32.8 Å². The summed E-state index contributed by atoms with van der Waals surface area (Å²) >= 11 is 0. The van der Waals surface area contributed by atoms with Crippen LogP contribution in [0, 0.1) is 0 Å². The van der Waals surface area contributed by atoms with E-state index < -0.39 is 6.10 Å². The van der Waals surface area contributed by atoms with Gasteiger partial charge in [-0.25, -0.2) is 0 Å². The fraction of sp³-hybridized carbons (Fsp3) is 1.00. The van der Waals surface area contributed by atoms with Crippen molar-refractivity contribution in [2.24, 2.45) is 0 Å². The van der Waals surface area contributed by atoms with Crippen LogP contribution < -0.4 is 0 Å². The van der Waals surface area contributed by atoms with Gasteiger partial charge in [0.1, 0.15) is 12.2 Å². The topological polar surface area (TPSA) is 94.9 Å². The Bertz CT molecular complexity index is 346. The summed E-state index contributed by atoms with van der Waals surface area (Å²) in [7, 11) is 5.52. The molecule has 2 aliphatic heterocycles. The number of hydrogen-bond donors (Lipinski definition) is 3. The van der Waals surface area contributed by atoms with E-state index in [2.05, 4.69) is 4.90 Å².